The summed E-state index contributed by atoms with van der Waals surface area (Å²) in [5, 5.41) is 0. The second-order valence-electron chi connectivity index (χ2n) is 3.45. The Morgan fingerprint density at radius 2 is 1.00 bits per heavy atom. The molecule has 66 valence electrons. The van der Waals surface area contributed by atoms with Gasteiger partial charge in [-0.25, -0.2) is 0 Å². The van der Waals surface area contributed by atoms with Gasteiger partial charge in [-0.05, 0) is 5.92 Å². The molecule has 0 aromatic carbocycles. The van der Waals surface area contributed by atoms with Crippen LogP contribution in [0, 0.1) is 5.92 Å². The summed E-state index contributed by atoms with van der Waals surface area (Å²) in [6.45, 7) is 8.28. The summed E-state index contributed by atoms with van der Waals surface area (Å²) in [5.74, 6) is 1.08. The summed E-state index contributed by atoms with van der Waals surface area (Å²) in [5.41, 5.74) is 0. The largest absolute Gasteiger partial charge is 0.106 e. The minimum atomic E-state index is 1.08. The van der Waals surface area contributed by atoms with Gasteiger partial charge in [-0.2, -0.15) is 0 Å². The number of hydrogen-bond acceptors (Lipinski definition) is 0. The van der Waals surface area contributed by atoms with Gasteiger partial charge in [0.1, 0.15) is 0 Å². The fourth-order valence-corrected chi connectivity index (χ4v) is 1.05. The minimum absolute atomic E-state index is 1.08. The summed E-state index contributed by atoms with van der Waals surface area (Å²) < 4.78 is 0. The van der Waals surface area contributed by atoms with E-state index in [2.05, 4.69) is 20.1 Å². The zero-order chi connectivity index (χ0) is 8.53. The molecule has 11 heavy (non-hydrogen) atoms. The highest BCUT2D eigenvalue weighted by Gasteiger charge is 2.12. The van der Waals surface area contributed by atoms with E-state index < -0.39 is 0 Å². The Labute approximate surface area is 71.7 Å². The summed E-state index contributed by atoms with van der Waals surface area (Å²) in [4.78, 5) is 0. The highest BCUT2D eigenvalue weighted by molar-refractivity contribution is 4.65. The van der Waals surface area contributed by atoms with Crippen molar-refractivity contribution in [3.8, 4) is 0 Å². The molecule has 0 nitrogen and oxygen atoms in total. The molecule has 0 aliphatic heterocycles. The van der Waals surface area contributed by atoms with Gasteiger partial charge in [0.2, 0.25) is 0 Å². The van der Waals surface area contributed by atoms with Crippen molar-refractivity contribution in [3.05, 3.63) is 13.2 Å². The SMILES string of the molecule is C1CCCC1.C=C.CC1CC1. The zero-order valence-corrected chi connectivity index (χ0v) is 7.94. The van der Waals surface area contributed by atoms with Crippen LogP contribution in [0.25, 0.3) is 0 Å². The van der Waals surface area contributed by atoms with Crippen LogP contribution in [0.2, 0.25) is 0 Å². The quantitative estimate of drug-likeness (QED) is 0.459. The van der Waals surface area contributed by atoms with Crippen LogP contribution < -0.4 is 0 Å². The Balaban J connectivity index is 0.000000152. The molecule has 0 amide bonds. The third kappa shape index (κ3) is 9.74. The molecule has 0 aromatic heterocycles. The summed E-state index contributed by atoms with van der Waals surface area (Å²) in [7, 11) is 0. The molecule has 0 saturated heterocycles. The second-order valence-corrected chi connectivity index (χ2v) is 3.45. The lowest BCUT2D eigenvalue weighted by Gasteiger charge is -1.67. The van der Waals surface area contributed by atoms with Gasteiger partial charge in [0.05, 0.1) is 0 Å². The topological polar surface area (TPSA) is 0 Å². The Kier molecular flexibility index (Phi) is 7.66. The number of rotatable bonds is 0. The zero-order valence-electron chi connectivity index (χ0n) is 7.94. The molecule has 2 rings (SSSR count). The molecule has 2 aliphatic carbocycles. The monoisotopic (exact) mass is 154 g/mol. The molecule has 0 atom stereocenters. The van der Waals surface area contributed by atoms with E-state index in [0.29, 0.717) is 0 Å². The van der Waals surface area contributed by atoms with Gasteiger partial charge in [0.25, 0.3) is 0 Å². The molecule has 0 N–H and O–H groups in total. The highest BCUT2D eigenvalue weighted by Crippen LogP contribution is 2.26. The standard InChI is InChI=1S/C5H10.C4H8.C2H4/c1-2-4-5-3-1;1-4-2-3-4;1-2/h1-5H2;4H,2-3H2,1H3;1-2H2. The van der Waals surface area contributed by atoms with Crippen LogP contribution >= 0.6 is 0 Å². The van der Waals surface area contributed by atoms with E-state index in [1.807, 2.05) is 0 Å². The fraction of sp³-hybridized carbons (Fsp3) is 0.818. The predicted molar refractivity (Wildman–Crippen MR) is 52.7 cm³/mol. The first kappa shape index (κ1) is 10.7. The van der Waals surface area contributed by atoms with Crippen molar-refractivity contribution < 1.29 is 0 Å². The summed E-state index contributed by atoms with van der Waals surface area (Å²) in [6.07, 6.45) is 10.5. The van der Waals surface area contributed by atoms with E-state index in [1.165, 1.54) is 44.9 Å². The van der Waals surface area contributed by atoms with Crippen molar-refractivity contribution >= 4 is 0 Å². The molecule has 0 heteroatoms. The average molecular weight is 154 g/mol. The van der Waals surface area contributed by atoms with E-state index in [9.17, 15) is 0 Å². The molecule has 0 radical (unpaired) electrons. The second kappa shape index (κ2) is 7.84. The number of hydrogen-bond donors (Lipinski definition) is 0. The highest BCUT2D eigenvalue weighted by atomic mass is 14.2. The average Bonchev–Trinajstić information content (AvgIpc) is 2.64. The third-order valence-electron chi connectivity index (χ3n) is 2.12. The van der Waals surface area contributed by atoms with E-state index in [4.69, 9.17) is 0 Å². The summed E-state index contributed by atoms with van der Waals surface area (Å²) >= 11 is 0. The molecular formula is C11H22. The van der Waals surface area contributed by atoms with Crippen LogP contribution in [0.5, 0.6) is 0 Å². The molecule has 2 aliphatic rings. The van der Waals surface area contributed by atoms with Crippen molar-refractivity contribution in [3.63, 3.8) is 0 Å². The van der Waals surface area contributed by atoms with Gasteiger partial charge in [0, 0.05) is 0 Å². The first-order chi connectivity index (χ1) is 5.39. The Morgan fingerprint density at radius 1 is 0.818 bits per heavy atom. The van der Waals surface area contributed by atoms with E-state index in [1.54, 1.807) is 0 Å². The van der Waals surface area contributed by atoms with Crippen LogP contribution in [0.1, 0.15) is 51.9 Å². The van der Waals surface area contributed by atoms with Gasteiger partial charge >= 0.3 is 0 Å². The Hall–Kier alpha value is -0.260. The normalized spacial score (nSPS) is 20.8. The lowest BCUT2D eigenvalue weighted by Crippen LogP contribution is -1.47. The van der Waals surface area contributed by atoms with Crippen molar-refractivity contribution in [2.24, 2.45) is 5.92 Å². The molecule has 0 aromatic rings. The maximum absolute atomic E-state index is 3.00. The first-order valence-electron chi connectivity index (χ1n) is 4.89. The van der Waals surface area contributed by atoms with Gasteiger partial charge in [-0.3, -0.25) is 0 Å². The van der Waals surface area contributed by atoms with Gasteiger partial charge in [0.15, 0.2) is 0 Å². The van der Waals surface area contributed by atoms with E-state index >= 15 is 0 Å². The Bertz CT molecular complexity index is 60.5. The molecule has 0 unspecified atom stereocenters. The smallest absolute Gasteiger partial charge is 0.0443 e. The molecule has 2 saturated carbocycles. The summed E-state index contributed by atoms with van der Waals surface area (Å²) in [6, 6.07) is 0. The minimum Gasteiger partial charge on any atom is -0.106 e. The van der Waals surface area contributed by atoms with Crippen molar-refractivity contribution in [2.45, 2.75) is 51.9 Å². The fourth-order valence-electron chi connectivity index (χ4n) is 1.05. The molecule has 0 heterocycles. The van der Waals surface area contributed by atoms with Gasteiger partial charge in [-0.1, -0.05) is 51.9 Å². The van der Waals surface area contributed by atoms with Crippen LogP contribution in [0.3, 0.4) is 0 Å². The van der Waals surface area contributed by atoms with Crippen molar-refractivity contribution in [2.75, 3.05) is 0 Å². The lowest BCUT2D eigenvalue weighted by molar-refractivity contribution is 0.886. The van der Waals surface area contributed by atoms with Crippen LogP contribution in [0.4, 0.5) is 0 Å². The van der Waals surface area contributed by atoms with E-state index in [-0.39, 0.29) is 0 Å². The maximum atomic E-state index is 3.00. The van der Waals surface area contributed by atoms with Crippen molar-refractivity contribution in [1.82, 2.24) is 0 Å². The molecule has 0 bridgehead atoms. The predicted octanol–water partition coefficient (Wildman–Crippen LogP) is 4.17. The Morgan fingerprint density at radius 3 is 1.09 bits per heavy atom. The van der Waals surface area contributed by atoms with Gasteiger partial charge < -0.3 is 0 Å². The van der Waals surface area contributed by atoms with Crippen LogP contribution in [-0.4, -0.2) is 0 Å². The first-order valence-corrected chi connectivity index (χ1v) is 4.89. The maximum Gasteiger partial charge on any atom is -0.0443 e. The molecule has 2 fully saturated rings. The van der Waals surface area contributed by atoms with Gasteiger partial charge in [-0.15, -0.1) is 13.2 Å². The van der Waals surface area contributed by atoms with Crippen LogP contribution in [-0.2, 0) is 0 Å². The molecular weight excluding hydrogens is 132 g/mol. The molecule has 0 spiro atoms. The van der Waals surface area contributed by atoms with E-state index in [0.717, 1.165) is 5.92 Å². The third-order valence-corrected chi connectivity index (χ3v) is 2.12. The lowest BCUT2D eigenvalue weighted by atomic mass is 10.4. The van der Waals surface area contributed by atoms with Crippen molar-refractivity contribution in [1.29, 1.82) is 0 Å². The van der Waals surface area contributed by atoms with Crippen LogP contribution in [0.15, 0.2) is 13.2 Å².